The van der Waals surface area contributed by atoms with Crippen molar-refractivity contribution in [3.05, 3.63) is 36.5 Å². The SMILES string of the molecule is C=C(/C=C\C(=C)C(C)CCC(C)C(C)CCC(C)CC)CC. The van der Waals surface area contributed by atoms with Gasteiger partial charge in [-0.3, -0.25) is 0 Å². The maximum absolute atomic E-state index is 4.23. The highest BCUT2D eigenvalue weighted by Gasteiger charge is 2.15. The largest absolute Gasteiger partial charge is 0.0958 e. The van der Waals surface area contributed by atoms with Crippen LogP contribution in [0.25, 0.3) is 0 Å². The highest BCUT2D eigenvalue weighted by Crippen LogP contribution is 2.27. The zero-order valence-electron chi connectivity index (χ0n) is 16.1. The summed E-state index contributed by atoms with van der Waals surface area (Å²) < 4.78 is 0. The van der Waals surface area contributed by atoms with Crippen LogP contribution in [0.3, 0.4) is 0 Å². The van der Waals surface area contributed by atoms with Gasteiger partial charge in [-0.2, -0.15) is 0 Å². The summed E-state index contributed by atoms with van der Waals surface area (Å²) in [4.78, 5) is 0. The molecule has 0 N–H and O–H groups in total. The molecule has 0 spiro atoms. The summed E-state index contributed by atoms with van der Waals surface area (Å²) in [6, 6.07) is 0. The Bertz CT molecular complexity index is 347. The third-order valence-electron chi connectivity index (χ3n) is 5.46. The minimum absolute atomic E-state index is 0.574. The molecule has 0 fully saturated rings. The van der Waals surface area contributed by atoms with Crippen molar-refractivity contribution in [2.24, 2.45) is 23.7 Å². The molecule has 0 aliphatic heterocycles. The highest BCUT2D eigenvalue weighted by atomic mass is 14.2. The zero-order chi connectivity index (χ0) is 17.1. The van der Waals surface area contributed by atoms with E-state index in [-0.39, 0.29) is 0 Å². The summed E-state index contributed by atoms with van der Waals surface area (Å²) in [5, 5.41) is 0. The van der Waals surface area contributed by atoms with Crippen molar-refractivity contribution in [2.45, 2.75) is 80.1 Å². The first kappa shape index (κ1) is 21.2. The molecule has 0 rings (SSSR count). The summed E-state index contributed by atoms with van der Waals surface area (Å²) >= 11 is 0. The summed E-state index contributed by atoms with van der Waals surface area (Å²) in [5.41, 5.74) is 2.43. The van der Waals surface area contributed by atoms with Gasteiger partial charge in [0.05, 0.1) is 0 Å². The van der Waals surface area contributed by atoms with Gasteiger partial charge in [-0.1, -0.05) is 97.3 Å². The Morgan fingerprint density at radius 2 is 1.36 bits per heavy atom. The van der Waals surface area contributed by atoms with Crippen LogP contribution in [0, 0.1) is 23.7 Å². The van der Waals surface area contributed by atoms with Crippen molar-refractivity contribution < 1.29 is 0 Å². The molecule has 0 amide bonds. The van der Waals surface area contributed by atoms with Gasteiger partial charge in [-0.25, -0.2) is 0 Å². The lowest BCUT2D eigenvalue weighted by atomic mass is 9.83. The molecule has 0 heterocycles. The summed E-state index contributed by atoms with van der Waals surface area (Å²) in [6.07, 6.45) is 11.9. The lowest BCUT2D eigenvalue weighted by Gasteiger charge is -2.23. The Morgan fingerprint density at radius 3 is 1.86 bits per heavy atom. The molecule has 4 atom stereocenters. The van der Waals surface area contributed by atoms with Crippen molar-refractivity contribution >= 4 is 0 Å². The minimum atomic E-state index is 0.574. The molecule has 0 aliphatic rings. The van der Waals surface area contributed by atoms with E-state index in [1.165, 1.54) is 43.3 Å². The van der Waals surface area contributed by atoms with Gasteiger partial charge >= 0.3 is 0 Å². The summed E-state index contributed by atoms with van der Waals surface area (Å²) in [7, 11) is 0. The molecule has 0 bridgehead atoms. The molecular formula is C22H40. The molecule has 0 heteroatoms. The van der Waals surface area contributed by atoms with Crippen LogP contribution in [0.2, 0.25) is 0 Å². The van der Waals surface area contributed by atoms with Crippen molar-refractivity contribution in [3.8, 4) is 0 Å². The molecule has 22 heavy (non-hydrogen) atoms. The van der Waals surface area contributed by atoms with Gasteiger partial charge in [-0.05, 0) is 42.9 Å². The minimum Gasteiger partial charge on any atom is -0.0958 e. The van der Waals surface area contributed by atoms with Crippen LogP contribution in [-0.2, 0) is 0 Å². The first-order valence-corrected chi connectivity index (χ1v) is 9.36. The Kier molecular flexibility index (Phi) is 11.3. The second-order valence-corrected chi connectivity index (χ2v) is 7.44. The van der Waals surface area contributed by atoms with Gasteiger partial charge in [0, 0.05) is 0 Å². The Balaban J connectivity index is 4.11. The monoisotopic (exact) mass is 304 g/mol. The van der Waals surface area contributed by atoms with Crippen molar-refractivity contribution in [1.29, 1.82) is 0 Å². The average Bonchev–Trinajstić information content (AvgIpc) is 2.53. The van der Waals surface area contributed by atoms with E-state index in [4.69, 9.17) is 0 Å². The van der Waals surface area contributed by atoms with E-state index in [1.54, 1.807) is 0 Å². The predicted molar refractivity (Wildman–Crippen MR) is 103 cm³/mol. The second-order valence-electron chi connectivity index (χ2n) is 7.44. The van der Waals surface area contributed by atoms with Gasteiger partial charge in [0.25, 0.3) is 0 Å². The second kappa shape index (κ2) is 11.7. The molecule has 0 saturated carbocycles. The normalized spacial score (nSPS) is 17.2. The summed E-state index contributed by atoms with van der Waals surface area (Å²) in [5.74, 6) is 3.11. The van der Waals surface area contributed by atoms with E-state index < -0.39 is 0 Å². The highest BCUT2D eigenvalue weighted by molar-refractivity contribution is 5.25. The number of rotatable bonds is 12. The van der Waals surface area contributed by atoms with E-state index >= 15 is 0 Å². The molecule has 0 aliphatic carbocycles. The van der Waals surface area contributed by atoms with Crippen LogP contribution < -0.4 is 0 Å². The van der Waals surface area contributed by atoms with Crippen molar-refractivity contribution in [1.82, 2.24) is 0 Å². The van der Waals surface area contributed by atoms with Crippen LogP contribution in [0.4, 0.5) is 0 Å². The number of allylic oxidation sites excluding steroid dienone is 4. The quantitative estimate of drug-likeness (QED) is 0.326. The van der Waals surface area contributed by atoms with E-state index in [9.17, 15) is 0 Å². The van der Waals surface area contributed by atoms with Gasteiger partial charge in [0.15, 0.2) is 0 Å². The van der Waals surface area contributed by atoms with E-state index in [1.807, 2.05) is 0 Å². The van der Waals surface area contributed by atoms with Gasteiger partial charge in [0.1, 0.15) is 0 Å². The number of hydrogen-bond acceptors (Lipinski definition) is 0. The molecule has 4 unspecified atom stereocenters. The average molecular weight is 305 g/mol. The zero-order valence-corrected chi connectivity index (χ0v) is 16.1. The fraction of sp³-hybridized carbons (Fsp3) is 0.727. The van der Waals surface area contributed by atoms with Crippen LogP contribution in [0.15, 0.2) is 36.5 Å². The molecule has 0 radical (unpaired) electrons. The third-order valence-corrected chi connectivity index (χ3v) is 5.46. The van der Waals surface area contributed by atoms with E-state index in [0.717, 1.165) is 24.2 Å². The summed E-state index contributed by atoms with van der Waals surface area (Å²) in [6.45, 7) is 22.2. The molecule has 0 aromatic rings. The van der Waals surface area contributed by atoms with Gasteiger partial charge < -0.3 is 0 Å². The Morgan fingerprint density at radius 1 is 0.818 bits per heavy atom. The van der Waals surface area contributed by atoms with Crippen molar-refractivity contribution in [3.63, 3.8) is 0 Å². The Hall–Kier alpha value is -0.780. The molecular weight excluding hydrogens is 264 g/mol. The third kappa shape index (κ3) is 9.28. The van der Waals surface area contributed by atoms with Gasteiger partial charge in [-0.15, -0.1) is 0 Å². The molecule has 0 aromatic heterocycles. The van der Waals surface area contributed by atoms with Crippen LogP contribution in [0.1, 0.15) is 80.1 Å². The first-order valence-electron chi connectivity index (χ1n) is 9.36. The standard InChI is InChI=1S/C22H40/c1-9-17(3)11-13-19(5)21(7)15-16-22(8)20(6)14-12-18(4)10-2/h11,13,18,20-22H,3,5,9-10,12,14-16H2,1-2,4,6-8H3/b13-11-. The predicted octanol–water partition coefficient (Wildman–Crippen LogP) is 7.58. The van der Waals surface area contributed by atoms with Gasteiger partial charge in [0.2, 0.25) is 0 Å². The lowest BCUT2D eigenvalue weighted by molar-refractivity contribution is 0.301. The van der Waals surface area contributed by atoms with Crippen LogP contribution in [0.5, 0.6) is 0 Å². The molecule has 0 aromatic carbocycles. The molecule has 128 valence electrons. The smallest absolute Gasteiger partial charge is 0.0196 e. The fourth-order valence-electron chi connectivity index (χ4n) is 2.53. The van der Waals surface area contributed by atoms with Crippen LogP contribution in [-0.4, -0.2) is 0 Å². The van der Waals surface area contributed by atoms with E-state index in [0.29, 0.717) is 5.92 Å². The topological polar surface area (TPSA) is 0 Å². The maximum Gasteiger partial charge on any atom is -0.0196 e. The lowest BCUT2D eigenvalue weighted by Crippen LogP contribution is -2.11. The number of hydrogen-bond donors (Lipinski definition) is 0. The Labute approximate surface area is 140 Å². The molecule has 0 saturated heterocycles. The van der Waals surface area contributed by atoms with E-state index in [2.05, 4.69) is 66.9 Å². The van der Waals surface area contributed by atoms with Crippen LogP contribution >= 0.6 is 0 Å². The molecule has 0 nitrogen and oxygen atoms in total. The first-order chi connectivity index (χ1) is 10.3. The van der Waals surface area contributed by atoms with Crippen molar-refractivity contribution in [2.75, 3.05) is 0 Å². The fourth-order valence-corrected chi connectivity index (χ4v) is 2.53. The maximum atomic E-state index is 4.23.